The van der Waals surface area contributed by atoms with Gasteiger partial charge in [-0.2, -0.15) is 0 Å². The molecular weight excluding hydrogens is 508 g/mol. The number of hydrogen-bond acceptors (Lipinski definition) is 5. The highest BCUT2D eigenvalue weighted by Gasteiger charge is 2.22. The molecular formula is C21H22BrClN2O5S. The van der Waals surface area contributed by atoms with E-state index < -0.39 is 22.6 Å². The molecule has 1 aliphatic heterocycles. The Morgan fingerprint density at radius 3 is 2.32 bits per heavy atom. The van der Waals surface area contributed by atoms with Gasteiger partial charge in [-0.25, -0.2) is 13.2 Å². The van der Waals surface area contributed by atoms with E-state index >= 15 is 0 Å². The van der Waals surface area contributed by atoms with E-state index in [1.807, 2.05) is 0 Å². The molecule has 7 nitrogen and oxygen atoms in total. The van der Waals surface area contributed by atoms with Crippen LogP contribution >= 0.6 is 27.5 Å². The molecule has 0 saturated carbocycles. The van der Waals surface area contributed by atoms with E-state index in [0.717, 1.165) is 36.2 Å². The van der Waals surface area contributed by atoms with Crippen LogP contribution in [0.3, 0.4) is 0 Å². The highest BCUT2D eigenvalue weighted by molar-refractivity contribution is 9.10. The van der Waals surface area contributed by atoms with Gasteiger partial charge in [0.15, 0.2) is 6.61 Å². The van der Waals surface area contributed by atoms with Crippen molar-refractivity contribution in [2.75, 3.05) is 24.4 Å². The number of likely N-dealkylation sites (tertiary alicyclic amines) is 1. The van der Waals surface area contributed by atoms with Gasteiger partial charge in [-0.05, 0) is 55.3 Å². The van der Waals surface area contributed by atoms with Crippen LogP contribution in [0.25, 0.3) is 0 Å². The summed E-state index contributed by atoms with van der Waals surface area (Å²) in [5.74, 6) is -1.12. The number of sulfonamides is 1. The van der Waals surface area contributed by atoms with Gasteiger partial charge in [0.05, 0.1) is 15.5 Å². The van der Waals surface area contributed by atoms with E-state index in [0.29, 0.717) is 18.8 Å². The zero-order chi connectivity index (χ0) is 22.4. The monoisotopic (exact) mass is 528 g/mol. The summed E-state index contributed by atoms with van der Waals surface area (Å²) in [6.45, 7) is 0.877. The Bertz CT molecular complexity index is 1050. The van der Waals surface area contributed by atoms with Crippen LogP contribution in [0.2, 0.25) is 5.02 Å². The Labute approximate surface area is 194 Å². The van der Waals surface area contributed by atoms with Gasteiger partial charge >= 0.3 is 5.97 Å². The van der Waals surface area contributed by atoms with Gasteiger partial charge in [0.1, 0.15) is 0 Å². The van der Waals surface area contributed by atoms with Crippen molar-refractivity contribution in [3.8, 4) is 0 Å². The largest absolute Gasteiger partial charge is 0.452 e. The molecule has 1 saturated heterocycles. The van der Waals surface area contributed by atoms with Crippen LogP contribution in [0.1, 0.15) is 36.0 Å². The van der Waals surface area contributed by atoms with Crippen molar-refractivity contribution in [1.29, 1.82) is 0 Å². The first-order valence-corrected chi connectivity index (χ1v) is 12.4. The number of amides is 1. The normalized spacial score (nSPS) is 14.6. The molecule has 0 aromatic heterocycles. The number of nitrogens with one attached hydrogen (secondary N) is 1. The lowest BCUT2D eigenvalue weighted by molar-refractivity contribution is -0.134. The Kier molecular flexibility index (Phi) is 7.96. The Morgan fingerprint density at radius 1 is 1.03 bits per heavy atom. The molecule has 0 spiro atoms. The molecule has 1 amide bonds. The summed E-state index contributed by atoms with van der Waals surface area (Å²) in [6.07, 6.45) is 4.01. The lowest BCUT2D eigenvalue weighted by Crippen LogP contribution is -2.35. The topological polar surface area (TPSA) is 92.8 Å². The average Bonchev–Trinajstić information content (AvgIpc) is 3.03. The minimum Gasteiger partial charge on any atom is -0.452 e. The fourth-order valence-corrected chi connectivity index (χ4v) is 4.72. The summed E-state index contributed by atoms with van der Waals surface area (Å²) in [4.78, 5) is 26.4. The van der Waals surface area contributed by atoms with Crippen molar-refractivity contribution < 1.29 is 22.7 Å². The molecule has 3 rings (SSSR count). The van der Waals surface area contributed by atoms with E-state index in [1.54, 1.807) is 29.2 Å². The Balaban J connectivity index is 1.70. The van der Waals surface area contributed by atoms with Crippen molar-refractivity contribution in [2.45, 2.75) is 30.6 Å². The quantitative estimate of drug-likeness (QED) is 0.558. The molecule has 0 aliphatic carbocycles. The van der Waals surface area contributed by atoms with Crippen LogP contribution in [0.15, 0.2) is 51.8 Å². The first kappa shape index (κ1) is 23.6. The lowest BCUT2D eigenvalue weighted by Gasteiger charge is -2.20. The average molecular weight is 530 g/mol. The minimum atomic E-state index is -3.96. The van der Waals surface area contributed by atoms with Crippen molar-refractivity contribution in [3.05, 3.63) is 57.5 Å². The number of carbonyl (C=O) groups excluding carboxylic acids is 2. The van der Waals surface area contributed by atoms with Crippen molar-refractivity contribution >= 4 is 55.1 Å². The molecule has 1 heterocycles. The van der Waals surface area contributed by atoms with Crippen molar-refractivity contribution in [1.82, 2.24) is 4.90 Å². The van der Waals surface area contributed by atoms with Crippen LogP contribution in [-0.4, -0.2) is 44.9 Å². The predicted molar refractivity (Wildman–Crippen MR) is 122 cm³/mol. The fraction of sp³-hybridized carbons (Fsp3) is 0.333. The highest BCUT2D eigenvalue weighted by Crippen LogP contribution is 2.24. The van der Waals surface area contributed by atoms with Crippen LogP contribution in [0.4, 0.5) is 5.69 Å². The zero-order valence-corrected chi connectivity index (χ0v) is 19.8. The van der Waals surface area contributed by atoms with E-state index in [2.05, 4.69) is 20.7 Å². The number of ether oxygens (including phenoxy) is 1. The van der Waals surface area contributed by atoms with Crippen LogP contribution in [-0.2, 0) is 19.6 Å². The van der Waals surface area contributed by atoms with Crippen molar-refractivity contribution in [3.63, 3.8) is 0 Å². The summed E-state index contributed by atoms with van der Waals surface area (Å²) in [7, 11) is -3.96. The summed E-state index contributed by atoms with van der Waals surface area (Å²) in [5, 5.41) is 0.0369. The number of hydrogen-bond donors (Lipinski definition) is 1. The Hall–Kier alpha value is -2.10. The zero-order valence-electron chi connectivity index (χ0n) is 16.6. The molecule has 1 aliphatic rings. The first-order valence-electron chi connectivity index (χ1n) is 9.79. The number of rotatable bonds is 6. The third kappa shape index (κ3) is 6.44. The molecule has 0 radical (unpaired) electrons. The number of carbonyl (C=O) groups is 2. The van der Waals surface area contributed by atoms with E-state index in [1.165, 1.54) is 12.1 Å². The molecule has 2 aromatic carbocycles. The Morgan fingerprint density at radius 2 is 1.68 bits per heavy atom. The van der Waals surface area contributed by atoms with E-state index in [4.69, 9.17) is 16.3 Å². The molecule has 0 unspecified atom stereocenters. The summed E-state index contributed by atoms with van der Waals surface area (Å²) < 4.78 is 33.8. The fourth-order valence-electron chi connectivity index (χ4n) is 3.18. The number of benzene rings is 2. The third-order valence-electron chi connectivity index (χ3n) is 4.85. The number of anilines is 1. The summed E-state index contributed by atoms with van der Waals surface area (Å²) in [6, 6.07) is 10.3. The van der Waals surface area contributed by atoms with Gasteiger partial charge in [0.2, 0.25) is 0 Å². The van der Waals surface area contributed by atoms with Crippen molar-refractivity contribution in [2.24, 2.45) is 0 Å². The molecule has 166 valence electrons. The van der Waals surface area contributed by atoms with Gasteiger partial charge in [0, 0.05) is 23.2 Å². The minimum absolute atomic E-state index is 0.0369. The molecule has 1 fully saturated rings. The summed E-state index contributed by atoms with van der Waals surface area (Å²) in [5.41, 5.74) is 0.245. The predicted octanol–water partition coefficient (Wildman–Crippen LogP) is 4.46. The summed E-state index contributed by atoms with van der Waals surface area (Å²) >= 11 is 9.37. The molecule has 0 atom stereocenters. The second kappa shape index (κ2) is 10.5. The molecule has 1 N–H and O–H groups in total. The van der Waals surface area contributed by atoms with Gasteiger partial charge in [0.25, 0.3) is 15.9 Å². The van der Waals surface area contributed by atoms with Gasteiger partial charge < -0.3 is 9.64 Å². The number of esters is 1. The number of nitrogens with zero attached hydrogens (tertiary/aromatic N) is 1. The third-order valence-corrected chi connectivity index (χ3v) is 7.09. The van der Waals surface area contributed by atoms with Gasteiger partial charge in [-0.3, -0.25) is 9.52 Å². The first-order chi connectivity index (χ1) is 14.8. The standard InChI is InChI=1S/C21H22BrClN2O5S/c22-15-5-7-16(8-6-15)24-31(28,29)17-9-10-19(23)18(13-17)21(27)30-14-20(26)25-11-3-1-2-4-12-25/h5-10,13,24H,1-4,11-12,14H2. The molecule has 31 heavy (non-hydrogen) atoms. The lowest BCUT2D eigenvalue weighted by atomic mass is 10.2. The maximum Gasteiger partial charge on any atom is 0.340 e. The number of halogens is 2. The highest BCUT2D eigenvalue weighted by atomic mass is 79.9. The molecule has 2 aromatic rings. The van der Waals surface area contributed by atoms with Gasteiger partial charge in [-0.15, -0.1) is 0 Å². The molecule has 10 heteroatoms. The van der Waals surface area contributed by atoms with E-state index in [-0.39, 0.29) is 21.4 Å². The second-order valence-electron chi connectivity index (χ2n) is 7.13. The van der Waals surface area contributed by atoms with E-state index in [9.17, 15) is 18.0 Å². The van der Waals surface area contributed by atoms with Gasteiger partial charge in [-0.1, -0.05) is 40.4 Å². The SMILES string of the molecule is O=C(OCC(=O)N1CCCCCC1)c1cc(S(=O)(=O)Nc2ccc(Br)cc2)ccc1Cl. The van der Waals surface area contributed by atoms with Crippen LogP contribution < -0.4 is 4.72 Å². The smallest absolute Gasteiger partial charge is 0.340 e. The van der Waals surface area contributed by atoms with Crippen LogP contribution in [0.5, 0.6) is 0 Å². The maximum atomic E-state index is 12.7. The second-order valence-corrected chi connectivity index (χ2v) is 10.1. The maximum absolute atomic E-state index is 12.7. The van der Waals surface area contributed by atoms with Crippen LogP contribution in [0, 0.1) is 0 Å². The molecule has 0 bridgehead atoms.